The van der Waals surface area contributed by atoms with Crippen LogP contribution in [0.3, 0.4) is 0 Å². The van der Waals surface area contributed by atoms with E-state index in [1.807, 2.05) is 48.5 Å². The molecule has 19 heavy (non-hydrogen) atoms. The van der Waals surface area contributed by atoms with Crippen LogP contribution in [0.2, 0.25) is 5.02 Å². The fraction of sp³-hybridized carbons (Fsp3) is 0. The first-order valence-electron chi connectivity index (χ1n) is 5.79. The van der Waals surface area contributed by atoms with Crippen molar-refractivity contribution in [2.75, 3.05) is 5.32 Å². The Hall–Kier alpha value is -1.58. The van der Waals surface area contributed by atoms with Crippen molar-refractivity contribution < 1.29 is 0 Å². The van der Waals surface area contributed by atoms with E-state index in [1.165, 1.54) is 0 Å². The molecule has 0 unspecified atom stereocenters. The van der Waals surface area contributed by atoms with Crippen LogP contribution in [0.1, 0.15) is 0 Å². The predicted molar refractivity (Wildman–Crippen MR) is 84.2 cm³/mol. The summed E-state index contributed by atoms with van der Waals surface area (Å²) in [6, 6.07) is 15.7. The van der Waals surface area contributed by atoms with Crippen LogP contribution in [0.15, 0.2) is 59.2 Å². The molecule has 94 valence electrons. The largest absolute Gasteiger partial charge is 0.355 e. The summed E-state index contributed by atoms with van der Waals surface area (Å²) < 4.78 is 1.02. The number of nitrogens with zero attached hydrogens (tertiary/aromatic N) is 1. The highest BCUT2D eigenvalue weighted by Crippen LogP contribution is 2.27. The fourth-order valence-corrected chi connectivity index (χ4v) is 2.49. The molecular formula is C15H10BrClN2. The van der Waals surface area contributed by atoms with E-state index in [0.29, 0.717) is 5.02 Å². The Morgan fingerprint density at radius 2 is 1.95 bits per heavy atom. The molecule has 1 aromatic heterocycles. The Morgan fingerprint density at radius 1 is 1.05 bits per heavy atom. The van der Waals surface area contributed by atoms with Crippen LogP contribution in [0.25, 0.3) is 10.9 Å². The van der Waals surface area contributed by atoms with E-state index < -0.39 is 0 Å². The summed E-state index contributed by atoms with van der Waals surface area (Å²) in [7, 11) is 0. The standard InChI is InChI=1S/C15H10BrClN2/c16-10-4-5-13-14(6-7-18-15(13)8-10)19-12-3-1-2-11(17)9-12/h1-9H,(H,18,19). The number of benzene rings is 2. The van der Waals surface area contributed by atoms with Gasteiger partial charge in [-0.05, 0) is 42.5 Å². The van der Waals surface area contributed by atoms with Gasteiger partial charge in [-0.15, -0.1) is 0 Å². The molecule has 3 rings (SSSR count). The van der Waals surface area contributed by atoms with Gasteiger partial charge in [0.1, 0.15) is 0 Å². The lowest BCUT2D eigenvalue weighted by molar-refractivity contribution is 1.40. The van der Waals surface area contributed by atoms with E-state index in [2.05, 4.69) is 26.2 Å². The number of hydrogen-bond acceptors (Lipinski definition) is 2. The average molecular weight is 334 g/mol. The van der Waals surface area contributed by atoms with Gasteiger partial charge in [-0.1, -0.05) is 33.6 Å². The van der Waals surface area contributed by atoms with Crippen LogP contribution in [0, 0.1) is 0 Å². The van der Waals surface area contributed by atoms with E-state index >= 15 is 0 Å². The second kappa shape index (κ2) is 5.19. The predicted octanol–water partition coefficient (Wildman–Crippen LogP) is 5.39. The van der Waals surface area contributed by atoms with E-state index in [4.69, 9.17) is 11.6 Å². The summed E-state index contributed by atoms with van der Waals surface area (Å²) in [5, 5.41) is 5.16. The molecular weight excluding hydrogens is 324 g/mol. The number of aromatic nitrogens is 1. The van der Waals surface area contributed by atoms with Crippen molar-refractivity contribution in [1.29, 1.82) is 0 Å². The van der Waals surface area contributed by atoms with E-state index in [9.17, 15) is 0 Å². The van der Waals surface area contributed by atoms with Gasteiger partial charge >= 0.3 is 0 Å². The molecule has 3 aromatic rings. The topological polar surface area (TPSA) is 24.9 Å². The highest BCUT2D eigenvalue weighted by molar-refractivity contribution is 9.10. The first kappa shape index (κ1) is 12.5. The molecule has 0 saturated carbocycles. The van der Waals surface area contributed by atoms with Crippen molar-refractivity contribution in [3.63, 3.8) is 0 Å². The molecule has 0 aliphatic rings. The summed E-state index contributed by atoms with van der Waals surface area (Å²) in [6.07, 6.45) is 1.79. The molecule has 0 aliphatic heterocycles. The Labute approximate surface area is 124 Å². The van der Waals surface area contributed by atoms with Gasteiger partial charge in [0.05, 0.1) is 5.52 Å². The maximum absolute atomic E-state index is 5.99. The number of hydrogen-bond donors (Lipinski definition) is 1. The molecule has 1 heterocycles. The molecule has 0 amide bonds. The fourth-order valence-electron chi connectivity index (χ4n) is 1.95. The Bertz CT molecular complexity index is 743. The zero-order chi connectivity index (χ0) is 13.2. The van der Waals surface area contributed by atoms with Crippen molar-refractivity contribution in [3.05, 3.63) is 64.2 Å². The van der Waals surface area contributed by atoms with Crippen molar-refractivity contribution >= 4 is 49.8 Å². The highest BCUT2D eigenvalue weighted by Gasteiger charge is 2.03. The van der Waals surface area contributed by atoms with Crippen LogP contribution < -0.4 is 5.32 Å². The minimum absolute atomic E-state index is 0.714. The number of pyridine rings is 1. The first-order valence-corrected chi connectivity index (χ1v) is 6.96. The number of nitrogens with one attached hydrogen (secondary N) is 1. The van der Waals surface area contributed by atoms with Gasteiger partial charge < -0.3 is 5.32 Å². The summed E-state index contributed by atoms with van der Waals surface area (Å²) in [5.74, 6) is 0. The third-order valence-corrected chi connectivity index (χ3v) is 3.54. The molecule has 0 saturated heterocycles. The van der Waals surface area contributed by atoms with Crippen molar-refractivity contribution in [2.24, 2.45) is 0 Å². The van der Waals surface area contributed by atoms with Crippen LogP contribution in [0.4, 0.5) is 11.4 Å². The van der Waals surface area contributed by atoms with Crippen LogP contribution in [-0.2, 0) is 0 Å². The van der Waals surface area contributed by atoms with E-state index in [1.54, 1.807) is 6.20 Å². The quantitative estimate of drug-likeness (QED) is 0.679. The van der Waals surface area contributed by atoms with Crippen molar-refractivity contribution in [3.8, 4) is 0 Å². The summed E-state index contributed by atoms with van der Waals surface area (Å²) in [5.41, 5.74) is 2.92. The zero-order valence-corrected chi connectivity index (χ0v) is 12.2. The second-order valence-corrected chi connectivity index (χ2v) is 5.51. The third kappa shape index (κ3) is 2.72. The summed E-state index contributed by atoms with van der Waals surface area (Å²) in [6.45, 7) is 0. The molecule has 2 aromatic carbocycles. The normalized spacial score (nSPS) is 10.6. The van der Waals surface area contributed by atoms with Crippen LogP contribution in [-0.4, -0.2) is 4.98 Å². The van der Waals surface area contributed by atoms with Crippen LogP contribution in [0.5, 0.6) is 0 Å². The molecule has 1 N–H and O–H groups in total. The lowest BCUT2D eigenvalue weighted by atomic mass is 10.2. The average Bonchev–Trinajstić information content (AvgIpc) is 2.38. The first-order chi connectivity index (χ1) is 9.22. The molecule has 2 nitrogen and oxygen atoms in total. The van der Waals surface area contributed by atoms with E-state index in [-0.39, 0.29) is 0 Å². The number of rotatable bonds is 2. The van der Waals surface area contributed by atoms with Gasteiger partial charge in [0.25, 0.3) is 0 Å². The van der Waals surface area contributed by atoms with Crippen molar-refractivity contribution in [1.82, 2.24) is 4.98 Å². The maximum Gasteiger partial charge on any atom is 0.0734 e. The monoisotopic (exact) mass is 332 g/mol. The zero-order valence-electron chi connectivity index (χ0n) is 9.90. The molecule has 0 atom stereocenters. The smallest absolute Gasteiger partial charge is 0.0734 e. The lowest BCUT2D eigenvalue weighted by Crippen LogP contribution is -1.92. The van der Waals surface area contributed by atoms with E-state index in [0.717, 1.165) is 26.8 Å². The Kier molecular flexibility index (Phi) is 3.40. The number of fused-ring (bicyclic) bond motifs is 1. The third-order valence-electron chi connectivity index (χ3n) is 2.81. The number of halogens is 2. The number of anilines is 2. The highest BCUT2D eigenvalue weighted by atomic mass is 79.9. The van der Waals surface area contributed by atoms with Gasteiger partial charge in [0.2, 0.25) is 0 Å². The lowest BCUT2D eigenvalue weighted by Gasteiger charge is -2.09. The minimum Gasteiger partial charge on any atom is -0.355 e. The second-order valence-electron chi connectivity index (χ2n) is 4.16. The Morgan fingerprint density at radius 3 is 2.79 bits per heavy atom. The van der Waals surface area contributed by atoms with Gasteiger partial charge in [0, 0.05) is 32.5 Å². The molecule has 0 aliphatic carbocycles. The molecule has 0 bridgehead atoms. The van der Waals surface area contributed by atoms with Gasteiger partial charge in [0.15, 0.2) is 0 Å². The van der Waals surface area contributed by atoms with Gasteiger partial charge in [-0.3, -0.25) is 4.98 Å². The summed E-state index contributed by atoms with van der Waals surface area (Å²) in [4.78, 5) is 4.37. The SMILES string of the molecule is Clc1cccc(Nc2ccnc3cc(Br)ccc23)c1. The van der Waals surface area contributed by atoms with Crippen molar-refractivity contribution in [2.45, 2.75) is 0 Å². The van der Waals surface area contributed by atoms with Gasteiger partial charge in [-0.2, -0.15) is 0 Å². The molecule has 0 radical (unpaired) electrons. The van der Waals surface area contributed by atoms with Gasteiger partial charge in [-0.25, -0.2) is 0 Å². The van der Waals surface area contributed by atoms with Crippen LogP contribution >= 0.6 is 27.5 Å². The summed E-state index contributed by atoms with van der Waals surface area (Å²) >= 11 is 9.45. The molecule has 0 spiro atoms. The molecule has 0 fully saturated rings. The minimum atomic E-state index is 0.714. The maximum atomic E-state index is 5.99. The molecule has 4 heteroatoms. The Balaban J connectivity index is 2.06.